The van der Waals surface area contributed by atoms with Crippen LogP contribution in [0.5, 0.6) is 0 Å². The lowest BCUT2D eigenvalue weighted by molar-refractivity contribution is -0.116. The van der Waals surface area contributed by atoms with Crippen molar-refractivity contribution in [1.82, 2.24) is 39.8 Å². The zero-order chi connectivity index (χ0) is 59.5. The maximum Gasteiger partial charge on any atom is 0.225 e. The van der Waals surface area contributed by atoms with Gasteiger partial charge in [0.2, 0.25) is 5.91 Å². The van der Waals surface area contributed by atoms with E-state index in [0.717, 1.165) is 66.4 Å². The van der Waals surface area contributed by atoms with Crippen LogP contribution in [0.25, 0.3) is 77.4 Å². The number of carbonyl (C=O) groups is 1. The number of nitrogens with one attached hydrogen (secondary N) is 4. The number of carbonyl (C=O) groups excluding carboxylic acids is 1. The highest BCUT2D eigenvalue weighted by molar-refractivity contribution is 6.31. The van der Waals surface area contributed by atoms with Gasteiger partial charge < -0.3 is 26.2 Å². The number of hydrogen-bond donors (Lipinski definition) is 4. The van der Waals surface area contributed by atoms with Crippen molar-refractivity contribution in [2.75, 3.05) is 41.9 Å². The molecule has 4 N–H and O–H groups in total. The molecule has 0 aliphatic heterocycles. The molecule has 0 aliphatic rings. The van der Waals surface area contributed by atoms with E-state index < -0.39 is 5.82 Å². The number of rotatable bonds is 13. The monoisotopic (exact) mass is 1190 g/mol. The van der Waals surface area contributed by atoms with Gasteiger partial charge in [-0.3, -0.25) is 14.8 Å². The Morgan fingerprint density at radius 2 is 0.977 bits per heavy atom. The summed E-state index contributed by atoms with van der Waals surface area (Å²) in [6, 6.07) is 59.0. The van der Waals surface area contributed by atoms with E-state index in [1.54, 1.807) is 49.1 Å². The zero-order valence-corrected chi connectivity index (χ0v) is 48.4. The number of anilines is 7. The van der Waals surface area contributed by atoms with Crippen molar-refractivity contribution >= 4 is 124 Å². The highest BCUT2D eigenvalue weighted by Crippen LogP contribution is 2.37. The summed E-state index contributed by atoms with van der Waals surface area (Å²) in [5, 5.41) is 18.4. The van der Waals surface area contributed by atoms with Crippen LogP contribution in [-0.2, 0) is 4.79 Å². The molecule has 0 aliphatic carbocycles. The maximum absolute atomic E-state index is 14.6. The molecule has 0 bridgehead atoms. The van der Waals surface area contributed by atoms with E-state index in [-0.39, 0.29) is 11.7 Å². The number of halogens is 5. The van der Waals surface area contributed by atoms with E-state index in [4.69, 9.17) is 39.8 Å². The van der Waals surface area contributed by atoms with Crippen molar-refractivity contribution < 1.29 is 13.6 Å². The van der Waals surface area contributed by atoms with Crippen molar-refractivity contribution in [2.45, 2.75) is 6.42 Å². The molecule has 0 fully saturated rings. The Hall–Kier alpha value is -10.0. The summed E-state index contributed by atoms with van der Waals surface area (Å²) in [5.41, 5.74) is 11.4. The summed E-state index contributed by atoms with van der Waals surface area (Å²) in [6.45, 7) is 0.637. The van der Waals surface area contributed by atoms with E-state index in [0.29, 0.717) is 78.9 Å². The van der Waals surface area contributed by atoms with E-state index >= 15 is 0 Å². The Labute approximate surface area is 508 Å². The molecule has 18 heteroatoms. The predicted octanol–water partition coefficient (Wildman–Crippen LogP) is 17.8. The number of benzene rings is 7. The Morgan fingerprint density at radius 3 is 1.57 bits per heavy atom. The highest BCUT2D eigenvalue weighted by atomic mass is 35.5. The smallest absolute Gasteiger partial charge is 0.225 e. The van der Waals surface area contributed by atoms with Crippen molar-refractivity contribution in [3.05, 3.63) is 252 Å². The molecule has 6 aromatic heterocycles. The van der Waals surface area contributed by atoms with Crippen LogP contribution in [0.3, 0.4) is 0 Å². The number of amides is 1. The minimum absolute atomic E-state index is 0.110. The molecule has 7 aromatic carbocycles. The fraction of sp³-hybridized carbons (Fsp3) is 0.0588. The van der Waals surface area contributed by atoms with Gasteiger partial charge in [-0.05, 0) is 129 Å². The van der Waals surface area contributed by atoms with Crippen LogP contribution >= 0.6 is 34.8 Å². The second kappa shape index (κ2) is 26.7. The Bertz CT molecular complexity index is 4590. The first-order chi connectivity index (χ1) is 41.9. The average molecular weight is 1200 g/mol. The van der Waals surface area contributed by atoms with Gasteiger partial charge in [0.15, 0.2) is 0 Å². The third-order valence-corrected chi connectivity index (χ3v) is 14.3. The molecular formula is C68H51Cl3F2N12O. The average Bonchev–Trinajstić information content (AvgIpc) is 2.70. The number of aromatic nitrogens is 7. The number of pyridine rings is 5. The molecule has 13 aromatic rings. The molecule has 0 spiro atoms. The Balaban J connectivity index is 0.000000135. The van der Waals surface area contributed by atoms with Gasteiger partial charge in [0, 0.05) is 90.5 Å². The normalized spacial score (nSPS) is 11.0. The molecule has 13 nitrogen and oxygen atoms in total. The lowest BCUT2D eigenvalue weighted by Crippen LogP contribution is -2.21. The minimum Gasteiger partial charge on any atom is -0.355 e. The number of nitrogens with zero attached hydrogens (tertiary/aromatic N) is 8. The molecule has 86 heavy (non-hydrogen) atoms. The van der Waals surface area contributed by atoms with Gasteiger partial charge >= 0.3 is 0 Å². The standard InChI is InChI=1S/C25H23ClFN5O.C23H14ClFN4.C20H14ClN3/c1-32(2)12-10-25(33)31-24-15-28-11-9-21(24)30-22-14-23(18-13-16(26)7-8-19(18)27)29-20-6-4-3-5-17(20)22;24-14-9-10-18(25)17(11-14)22-12-21(15-5-1-4-8-20(15)28-22)29-23-16-6-2-3-7-19(16)26-13-27-23;21-15-5-3-4-14(12-15)19-13-20(23-16-8-10-22-11-9-16)17-6-1-2-7-18(17)24-19/h3-9,11,13-15H,10,12H2,1-2H3,(H,31,33)(H,28,29,30);1-13H,(H,26,27,28,29);1-13H,(H,22,23,24). The van der Waals surface area contributed by atoms with Gasteiger partial charge in [0.1, 0.15) is 23.8 Å². The quantitative estimate of drug-likeness (QED) is 0.0867. The van der Waals surface area contributed by atoms with Crippen LogP contribution in [0.4, 0.5) is 48.7 Å². The third kappa shape index (κ3) is 14.0. The molecule has 13 rings (SSSR count). The fourth-order valence-corrected chi connectivity index (χ4v) is 9.94. The molecule has 0 atom stereocenters. The second-order valence-electron chi connectivity index (χ2n) is 19.8. The summed E-state index contributed by atoms with van der Waals surface area (Å²) in [6.07, 6.45) is 8.64. The van der Waals surface area contributed by atoms with Crippen LogP contribution in [0.15, 0.2) is 225 Å². The fourth-order valence-electron chi connectivity index (χ4n) is 9.40. The van der Waals surface area contributed by atoms with Gasteiger partial charge in [0.05, 0.1) is 73.8 Å². The molecule has 1 amide bonds. The highest BCUT2D eigenvalue weighted by Gasteiger charge is 2.17. The first kappa shape index (κ1) is 57.8. The maximum atomic E-state index is 14.6. The number of fused-ring (bicyclic) bond motifs is 4. The number of para-hydroxylation sites is 4. The third-order valence-electron chi connectivity index (χ3n) is 13.6. The molecule has 0 unspecified atom stereocenters. The Kier molecular flexibility index (Phi) is 17.9. The van der Waals surface area contributed by atoms with Crippen LogP contribution < -0.4 is 21.3 Å². The topological polar surface area (TPSA) is 159 Å². The summed E-state index contributed by atoms with van der Waals surface area (Å²) < 4.78 is 29.1. The van der Waals surface area contributed by atoms with E-state index in [1.807, 2.05) is 152 Å². The molecule has 424 valence electrons. The van der Waals surface area contributed by atoms with Crippen molar-refractivity contribution in [2.24, 2.45) is 0 Å². The zero-order valence-electron chi connectivity index (χ0n) is 46.2. The first-order valence-corrected chi connectivity index (χ1v) is 28.2. The summed E-state index contributed by atoms with van der Waals surface area (Å²) in [5.74, 6) is -0.230. The second-order valence-corrected chi connectivity index (χ2v) is 21.2. The van der Waals surface area contributed by atoms with Crippen LogP contribution in [0, 0.1) is 11.6 Å². The van der Waals surface area contributed by atoms with Gasteiger partial charge in [0.25, 0.3) is 0 Å². The van der Waals surface area contributed by atoms with E-state index in [9.17, 15) is 13.6 Å². The van der Waals surface area contributed by atoms with Gasteiger partial charge in [-0.25, -0.2) is 33.7 Å². The SMILES string of the molecule is CN(C)CCC(=O)Nc1cnccc1Nc1cc(-c2cc(Cl)ccc2F)nc2ccccc12.Clc1cccc(-c2cc(Nc3ccncc3)c3ccccc3n2)c1.Fc1ccc(Cl)cc1-c1cc(Nc2ncnc3ccccc23)c2ccccc2n1. The van der Waals surface area contributed by atoms with Crippen LogP contribution in [0.2, 0.25) is 15.1 Å². The summed E-state index contributed by atoms with van der Waals surface area (Å²) in [7, 11) is 3.83. The van der Waals surface area contributed by atoms with E-state index in [1.165, 1.54) is 30.6 Å². The lowest BCUT2D eigenvalue weighted by Gasteiger charge is -2.16. The van der Waals surface area contributed by atoms with Gasteiger partial charge in [-0.15, -0.1) is 0 Å². The van der Waals surface area contributed by atoms with Crippen molar-refractivity contribution in [3.8, 4) is 33.8 Å². The van der Waals surface area contributed by atoms with Crippen molar-refractivity contribution in [3.63, 3.8) is 0 Å². The predicted molar refractivity (Wildman–Crippen MR) is 346 cm³/mol. The molecule has 0 radical (unpaired) electrons. The first-order valence-electron chi connectivity index (χ1n) is 27.0. The minimum atomic E-state index is -0.411. The van der Waals surface area contributed by atoms with Crippen molar-refractivity contribution in [1.29, 1.82) is 0 Å². The summed E-state index contributed by atoms with van der Waals surface area (Å²) in [4.78, 5) is 45.3. The van der Waals surface area contributed by atoms with Crippen LogP contribution in [0.1, 0.15) is 6.42 Å². The number of hydrogen-bond acceptors (Lipinski definition) is 12. The molecule has 0 saturated carbocycles. The largest absolute Gasteiger partial charge is 0.355 e. The van der Waals surface area contributed by atoms with Gasteiger partial charge in [-0.1, -0.05) is 114 Å². The van der Waals surface area contributed by atoms with Gasteiger partial charge in [-0.2, -0.15) is 0 Å². The lowest BCUT2D eigenvalue weighted by atomic mass is 10.1. The Morgan fingerprint density at radius 1 is 0.465 bits per heavy atom. The van der Waals surface area contributed by atoms with Crippen LogP contribution in [-0.4, -0.2) is 66.3 Å². The van der Waals surface area contributed by atoms with E-state index in [2.05, 4.69) is 63.3 Å². The molecule has 0 saturated heterocycles. The molecular weight excluding hydrogens is 1150 g/mol. The summed E-state index contributed by atoms with van der Waals surface area (Å²) >= 11 is 18.3. The molecule has 6 heterocycles.